The van der Waals surface area contributed by atoms with Crippen molar-refractivity contribution in [1.29, 1.82) is 0 Å². The molecular weight excluding hydrogens is 654 g/mol. The van der Waals surface area contributed by atoms with Crippen LogP contribution in [0.15, 0.2) is 0 Å². The Bertz CT molecular complexity index is 1210. The second-order valence-corrected chi connectivity index (χ2v) is 11.7. The average molecular weight is 694 g/mol. The molecule has 0 radical (unpaired) electrons. The van der Waals surface area contributed by atoms with E-state index in [1.165, 1.54) is 13.8 Å². The van der Waals surface area contributed by atoms with Crippen LogP contribution in [0.5, 0.6) is 0 Å². The molecule has 18 nitrogen and oxygen atoms in total. The fraction of sp³-hybridized carbons (Fsp3) is 0.714. The van der Waals surface area contributed by atoms with Gasteiger partial charge in [0, 0.05) is 55.4 Å². The van der Waals surface area contributed by atoms with Crippen molar-refractivity contribution in [2.45, 2.75) is 116 Å². The predicted octanol–water partition coefficient (Wildman–Crippen LogP) is -0.541. The predicted molar refractivity (Wildman–Crippen MR) is 154 cm³/mol. The standard InChI is InChI=1S/C28H39NO17S/c1-11(30)29-21-24(41-15(5)34)22(20(10-39-13(3)32)45-28(21)47-18(8)37)46-27-26(43-17(7)36)25(42-16(6)35)23(40-14(4)33)19(44-27)9-38-12(2)31/h19-28H,9-10H2,1-8H3,(H,29,30)/t19-,20-,21-,22-,23+,24-,25+,26-,27+,28+/m1/s1. The number of thioether (sulfide) groups is 1. The fourth-order valence-electron chi connectivity index (χ4n) is 4.84. The molecule has 0 saturated carbocycles. The minimum absolute atomic E-state index is 0.433. The molecule has 1 amide bonds. The van der Waals surface area contributed by atoms with Gasteiger partial charge in [0.2, 0.25) is 5.91 Å². The zero-order valence-electron chi connectivity index (χ0n) is 27.0. The molecule has 0 aromatic carbocycles. The van der Waals surface area contributed by atoms with Crippen molar-refractivity contribution in [3.8, 4) is 0 Å². The van der Waals surface area contributed by atoms with Crippen molar-refractivity contribution in [2.75, 3.05) is 13.2 Å². The van der Waals surface area contributed by atoms with Crippen molar-refractivity contribution < 1.29 is 81.0 Å². The average Bonchev–Trinajstić information content (AvgIpc) is 2.91. The molecule has 47 heavy (non-hydrogen) atoms. The van der Waals surface area contributed by atoms with E-state index < -0.39 is 121 Å². The summed E-state index contributed by atoms with van der Waals surface area (Å²) >= 11 is 0.656. The molecule has 19 heteroatoms. The van der Waals surface area contributed by atoms with E-state index in [1.54, 1.807) is 0 Å². The number of amides is 1. The summed E-state index contributed by atoms with van der Waals surface area (Å²) in [5, 5.41) is 2.15. The Morgan fingerprint density at radius 2 is 1.00 bits per heavy atom. The highest BCUT2D eigenvalue weighted by atomic mass is 32.2. The maximum Gasteiger partial charge on any atom is 0.303 e. The lowest BCUT2D eigenvalue weighted by Crippen LogP contribution is -2.68. The largest absolute Gasteiger partial charge is 0.463 e. The first-order valence-electron chi connectivity index (χ1n) is 14.3. The van der Waals surface area contributed by atoms with Gasteiger partial charge in [0.25, 0.3) is 0 Å². The third-order valence-corrected chi connectivity index (χ3v) is 7.26. The molecule has 0 aromatic rings. The maximum absolute atomic E-state index is 12.4. The quantitative estimate of drug-likeness (QED) is 0.200. The number of esters is 6. The van der Waals surface area contributed by atoms with E-state index in [9.17, 15) is 38.4 Å². The first-order valence-corrected chi connectivity index (χ1v) is 15.1. The van der Waals surface area contributed by atoms with E-state index in [-0.39, 0.29) is 0 Å². The second kappa shape index (κ2) is 17.9. The summed E-state index contributed by atoms with van der Waals surface area (Å²) < 4.78 is 50.4. The lowest BCUT2D eigenvalue weighted by molar-refractivity contribution is -0.336. The lowest BCUT2D eigenvalue weighted by Gasteiger charge is -2.49. The highest BCUT2D eigenvalue weighted by molar-refractivity contribution is 8.14. The first kappa shape index (κ1) is 39.4. The van der Waals surface area contributed by atoms with Gasteiger partial charge in [0.05, 0.1) is 0 Å². The molecule has 0 bridgehead atoms. The number of rotatable bonds is 12. The van der Waals surface area contributed by atoms with Crippen molar-refractivity contribution in [3.05, 3.63) is 0 Å². The number of nitrogens with one attached hydrogen (secondary N) is 1. The van der Waals surface area contributed by atoms with Gasteiger partial charge >= 0.3 is 35.8 Å². The monoisotopic (exact) mass is 693 g/mol. The van der Waals surface area contributed by atoms with E-state index >= 15 is 0 Å². The van der Waals surface area contributed by atoms with Crippen LogP contribution in [0.25, 0.3) is 0 Å². The van der Waals surface area contributed by atoms with Crippen LogP contribution in [0, 0.1) is 0 Å². The molecule has 10 atom stereocenters. The Morgan fingerprint density at radius 1 is 0.553 bits per heavy atom. The fourth-order valence-corrected chi connectivity index (χ4v) is 5.73. The molecule has 0 aromatic heterocycles. The number of hydrogen-bond donors (Lipinski definition) is 1. The summed E-state index contributed by atoms with van der Waals surface area (Å²) in [7, 11) is 0. The molecule has 2 aliphatic heterocycles. The number of carbonyl (C=O) groups is 8. The molecule has 2 saturated heterocycles. The summed E-state index contributed by atoms with van der Waals surface area (Å²) in [4.78, 5) is 96.8. The van der Waals surface area contributed by atoms with Gasteiger partial charge in [-0.25, -0.2) is 0 Å². The molecule has 0 aliphatic carbocycles. The van der Waals surface area contributed by atoms with E-state index in [0.717, 1.165) is 41.5 Å². The molecule has 2 heterocycles. The number of carbonyl (C=O) groups excluding carboxylic acids is 8. The van der Waals surface area contributed by atoms with Crippen LogP contribution in [-0.4, -0.2) is 121 Å². The molecule has 0 unspecified atom stereocenters. The first-order chi connectivity index (χ1) is 21.9. The third kappa shape index (κ3) is 12.4. The van der Waals surface area contributed by atoms with Crippen molar-refractivity contribution in [1.82, 2.24) is 5.32 Å². The van der Waals surface area contributed by atoms with E-state index in [2.05, 4.69) is 5.32 Å². The van der Waals surface area contributed by atoms with Crippen LogP contribution >= 0.6 is 11.8 Å². The van der Waals surface area contributed by atoms with Gasteiger partial charge in [0.1, 0.15) is 43.0 Å². The van der Waals surface area contributed by atoms with Gasteiger partial charge in [-0.1, -0.05) is 11.8 Å². The Balaban J connectivity index is 2.73. The molecule has 2 fully saturated rings. The summed E-state index contributed by atoms with van der Waals surface area (Å²) in [6, 6.07) is -1.24. The van der Waals surface area contributed by atoms with Crippen LogP contribution in [0.1, 0.15) is 55.4 Å². The van der Waals surface area contributed by atoms with Crippen molar-refractivity contribution >= 4 is 58.6 Å². The molecule has 0 spiro atoms. The van der Waals surface area contributed by atoms with Crippen LogP contribution in [0.4, 0.5) is 0 Å². The third-order valence-electron chi connectivity index (χ3n) is 6.29. The Kier molecular flexibility index (Phi) is 15.0. The van der Waals surface area contributed by atoms with E-state index in [1.807, 2.05) is 0 Å². The topological polar surface area (TPSA) is 232 Å². The Morgan fingerprint density at radius 3 is 1.45 bits per heavy atom. The maximum atomic E-state index is 12.4. The summed E-state index contributed by atoms with van der Waals surface area (Å²) in [6.45, 7) is 7.72. The van der Waals surface area contributed by atoms with Gasteiger partial charge in [-0.2, -0.15) is 0 Å². The molecule has 264 valence electrons. The van der Waals surface area contributed by atoms with Gasteiger partial charge in [-0.05, 0) is 0 Å². The van der Waals surface area contributed by atoms with Crippen molar-refractivity contribution in [2.24, 2.45) is 0 Å². The number of hydrogen-bond acceptors (Lipinski definition) is 18. The number of ether oxygens (including phenoxy) is 9. The van der Waals surface area contributed by atoms with Crippen LogP contribution < -0.4 is 5.32 Å². The second-order valence-electron chi connectivity index (χ2n) is 10.4. The van der Waals surface area contributed by atoms with Gasteiger partial charge < -0.3 is 47.9 Å². The normalized spacial score (nSPS) is 30.1. The molecule has 2 aliphatic rings. The van der Waals surface area contributed by atoms with Gasteiger partial charge in [-0.15, -0.1) is 0 Å². The highest BCUT2D eigenvalue weighted by Gasteiger charge is 2.57. The SMILES string of the molecule is CC(=O)N[C@@H]1[C@@H](OC(C)=O)[C@H](O[C@@H]2O[C@H](COC(C)=O)[C@H](OC(C)=O)[C@H](OC(C)=O)[C@H]2OC(C)=O)[C@@H](COC(C)=O)O[C@H]1SC(C)=O. The Hall–Kier alpha value is -3.81. The van der Waals surface area contributed by atoms with Crippen molar-refractivity contribution in [3.63, 3.8) is 0 Å². The Labute approximate surface area is 274 Å². The minimum Gasteiger partial charge on any atom is -0.463 e. The molecule has 2 rings (SSSR count). The van der Waals surface area contributed by atoms with E-state index in [4.69, 9.17) is 42.6 Å². The minimum atomic E-state index is -1.77. The van der Waals surface area contributed by atoms with Gasteiger partial charge in [-0.3, -0.25) is 38.4 Å². The molecular formula is C28H39NO17S. The zero-order valence-corrected chi connectivity index (χ0v) is 27.9. The zero-order chi connectivity index (χ0) is 35.6. The van der Waals surface area contributed by atoms with Gasteiger partial charge in [0.15, 0.2) is 35.8 Å². The van der Waals surface area contributed by atoms with Crippen LogP contribution in [0.2, 0.25) is 0 Å². The highest BCUT2D eigenvalue weighted by Crippen LogP contribution is 2.36. The lowest BCUT2D eigenvalue weighted by atomic mass is 9.95. The molecule has 1 N–H and O–H groups in total. The smallest absolute Gasteiger partial charge is 0.303 e. The summed E-state index contributed by atoms with van der Waals surface area (Å²) in [5.74, 6) is -5.58. The summed E-state index contributed by atoms with van der Waals surface area (Å²) in [6.07, 6.45) is -12.2. The van der Waals surface area contributed by atoms with E-state index in [0.29, 0.717) is 11.8 Å². The summed E-state index contributed by atoms with van der Waals surface area (Å²) in [5.41, 5.74) is -1.18. The van der Waals surface area contributed by atoms with Crippen LogP contribution in [0.3, 0.4) is 0 Å². The van der Waals surface area contributed by atoms with Crippen LogP contribution in [-0.2, 0) is 81.0 Å².